The Morgan fingerprint density at radius 1 is 0.974 bits per heavy atom. The molecule has 3 rings (SSSR count). The van der Waals surface area contributed by atoms with Crippen molar-refractivity contribution in [2.24, 2.45) is 5.92 Å². The maximum Gasteiger partial charge on any atom is 0.338 e. The van der Waals surface area contributed by atoms with Crippen LogP contribution in [0.1, 0.15) is 112 Å². The molecule has 1 fully saturated rings. The Balaban J connectivity index is 1.90. The van der Waals surface area contributed by atoms with Crippen LogP contribution in [0.5, 0.6) is 5.75 Å². The number of likely N-dealkylation sites (tertiary alicyclic amines) is 1. The fourth-order valence-electron chi connectivity index (χ4n) is 5.36. The molecular formula is C32H44N2O4. The number of aromatic hydroxyl groups is 1. The molecule has 0 amide bonds. The van der Waals surface area contributed by atoms with Crippen LogP contribution in [0.15, 0.2) is 36.4 Å². The van der Waals surface area contributed by atoms with Crippen molar-refractivity contribution in [1.29, 1.82) is 5.41 Å². The molecule has 6 heteroatoms. The number of esters is 1. The van der Waals surface area contributed by atoms with Gasteiger partial charge in [-0.05, 0) is 59.9 Å². The van der Waals surface area contributed by atoms with Gasteiger partial charge in [-0.1, -0.05) is 67.0 Å². The Hall–Kier alpha value is -3.15. The van der Waals surface area contributed by atoms with Crippen molar-refractivity contribution in [1.82, 2.24) is 4.90 Å². The Labute approximate surface area is 227 Å². The molecule has 0 bridgehead atoms. The van der Waals surface area contributed by atoms with E-state index in [9.17, 15) is 14.7 Å². The van der Waals surface area contributed by atoms with Gasteiger partial charge in [-0.25, -0.2) is 4.79 Å². The monoisotopic (exact) mass is 520 g/mol. The highest BCUT2D eigenvalue weighted by molar-refractivity contribution is 6.01. The van der Waals surface area contributed by atoms with Gasteiger partial charge in [-0.15, -0.1) is 0 Å². The lowest BCUT2D eigenvalue weighted by molar-refractivity contribution is 0.0526. The summed E-state index contributed by atoms with van der Waals surface area (Å²) in [5.41, 5.74) is 2.91. The Kier molecular flexibility index (Phi) is 8.75. The number of ketones is 1. The fourth-order valence-corrected chi connectivity index (χ4v) is 5.36. The van der Waals surface area contributed by atoms with Crippen LogP contribution in [-0.4, -0.2) is 47.3 Å². The van der Waals surface area contributed by atoms with Crippen molar-refractivity contribution >= 4 is 17.6 Å². The predicted octanol–water partition coefficient (Wildman–Crippen LogP) is 6.84. The van der Waals surface area contributed by atoms with E-state index >= 15 is 0 Å². The maximum atomic E-state index is 13.6. The van der Waals surface area contributed by atoms with Gasteiger partial charge in [0, 0.05) is 29.2 Å². The number of rotatable bonds is 8. The molecule has 6 nitrogen and oxygen atoms in total. The zero-order valence-electron chi connectivity index (χ0n) is 24.3. The molecule has 0 unspecified atom stereocenters. The number of Topliss-reactive ketones (excluding diaryl/α,β-unsaturated/α-hetero) is 1. The van der Waals surface area contributed by atoms with Crippen LogP contribution >= 0.6 is 0 Å². The van der Waals surface area contributed by atoms with E-state index in [1.165, 1.54) is 0 Å². The smallest absolute Gasteiger partial charge is 0.338 e. The lowest BCUT2D eigenvalue weighted by atomic mass is 9.78. The number of hydrogen-bond donors (Lipinski definition) is 2. The zero-order valence-corrected chi connectivity index (χ0v) is 24.3. The normalized spacial score (nSPS) is 18.1. The minimum absolute atomic E-state index is 0.0562. The van der Waals surface area contributed by atoms with Crippen molar-refractivity contribution in [3.05, 3.63) is 64.2 Å². The van der Waals surface area contributed by atoms with E-state index in [0.717, 1.165) is 29.5 Å². The molecule has 0 saturated carbocycles. The van der Waals surface area contributed by atoms with E-state index in [4.69, 9.17) is 10.1 Å². The molecule has 1 saturated heterocycles. The molecule has 1 heterocycles. The predicted molar refractivity (Wildman–Crippen MR) is 153 cm³/mol. The van der Waals surface area contributed by atoms with E-state index in [2.05, 4.69) is 6.92 Å². The van der Waals surface area contributed by atoms with Crippen LogP contribution in [0, 0.1) is 11.3 Å². The van der Waals surface area contributed by atoms with Gasteiger partial charge in [0.15, 0.2) is 5.78 Å². The second kappa shape index (κ2) is 11.3. The highest BCUT2D eigenvalue weighted by atomic mass is 16.5. The molecule has 2 aromatic rings. The summed E-state index contributed by atoms with van der Waals surface area (Å²) in [6, 6.07) is 11.0. The molecule has 1 aliphatic heterocycles. The molecule has 2 atom stereocenters. The van der Waals surface area contributed by atoms with Gasteiger partial charge in [0.05, 0.1) is 18.7 Å². The average Bonchev–Trinajstić information content (AvgIpc) is 3.12. The first kappa shape index (κ1) is 29.4. The van der Waals surface area contributed by atoms with Gasteiger partial charge in [0.25, 0.3) is 0 Å². The van der Waals surface area contributed by atoms with Gasteiger partial charge < -0.3 is 14.7 Å². The minimum Gasteiger partial charge on any atom is -0.507 e. The van der Waals surface area contributed by atoms with Crippen LogP contribution in [0.4, 0.5) is 0 Å². The third kappa shape index (κ3) is 6.28. The van der Waals surface area contributed by atoms with Crippen LogP contribution in [0.3, 0.4) is 0 Å². The largest absolute Gasteiger partial charge is 0.507 e. The molecule has 2 N–H and O–H groups in total. The van der Waals surface area contributed by atoms with E-state index in [-0.39, 0.29) is 46.7 Å². The van der Waals surface area contributed by atoms with Crippen LogP contribution in [0.25, 0.3) is 0 Å². The number of benzene rings is 2. The number of phenolic OH excluding ortho intramolecular Hbond substituents is 1. The number of nitrogens with zero attached hydrogens (tertiary/aromatic N) is 1. The quantitative estimate of drug-likeness (QED) is 0.294. The van der Waals surface area contributed by atoms with Crippen molar-refractivity contribution < 1.29 is 19.4 Å². The highest BCUT2D eigenvalue weighted by Gasteiger charge is 2.39. The summed E-state index contributed by atoms with van der Waals surface area (Å²) in [5.74, 6) is 0.365. The van der Waals surface area contributed by atoms with Crippen LogP contribution in [-0.2, 0) is 15.6 Å². The van der Waals surface area contributed by atoms with Gasteiger partial charge >= 0.3 is 5.97 Å². The molecule has 0 spiro atoms. The summed E-state index contributed by atoms with van der Waals surface area (Å²) in [5, 5.41) is 20.1. The third-order valence-corrected chi connectivity index (χ3v) is 7.38. The number of carbonyl (C=O) groups excluding carboxylic acids is 2. The Morgan fingerprint density at radius 2 is 1.53 bits per heavy atom. The molecule has 0 radical (unpaired) electrons. The van der Waals surface area contributed by atoms with E-state index in [0.29, 0.717) is 30.1 Å². The molecule has 0 aromatic heterocycles. The first-order valence-electron chi connectivity index (χ1n) is 13.7. The van der Waals surface area contributed by atoms with E-state index in [1.54, 1.807) is 19.1 Å². The summed E-state index contributed by atoms with van der Waals surface area (Å²) in [4.78, 5) is 27.6. The van der Waals surface area contributed by atoms with Crippen molar-refractivity contribution in [3.8, 4) is 5.75 Å². The van der Waals surface area contributed by atoms with Crippen LogP contribution < -0.4 is 0 Å². The zero-order chi connectivity index (χ0) is 28.4. The summed E-state index contributed by atoms with van der Waals surface area (Å²) < 4.78 is 5.10. The molecule has 38 heavy (non-hydrogen) atoms. The van der Waals surface area contributed by atoms with E-state index in [1.807, 2.05) is 70.7 Å². The first-order chi connectivity index (χ1) is 17.7. The number of nitrogens with one attached hydrogen (secondary N) is 1. The van der Waals surface area contributed by atoms with Gasteiger partial charge in [-0.2, -0.15) is 0 Å². The Bertz CT molecular complexity index is 1150. The summed E-state index contributed by atoms with van der Waals surface area (Å²) in [6.45, 7) is 17.2. The maximum absolute atomic E-state index is 13.6. The average molecular weight is 521 g/mol. The molecule has 1 aliphatic rings. The van der Waals surface area contributed by atoms with Crippen molar-refractivity contribution in [2.75, 3.05) is 19.7 Å². The Morgan fingerprint density at radius 3 is 2.00 bits per heavy atom. The standard InChI is InChI=1S/C32H44N2O4/c1-9-11-22-18-34(29(33)27(22)20-12-14-21(15-13-20)30(37)38-10-2)19-26(35)23-16-24(31(3,4)5)28(36)25(17-23)32(6,7)8/h12-17,22,27,33,36H,9-11,18-19H2,1-8H3/t22-,27+/m0/s1. The van der Waals surface area contributed by atoms with Crippen LogP contribution in [0.2, 0.25) is 0 Å². The molecule has 0 aliphatic carbocycles. The number of hydrogen-bond acceptors (Lipinski definition) is 5. The van der Waals surface area contributed by atoms with Crippen molar-refractivity contribution in [2.45, 2.75) is 85.0 Å². The summed E-state index contributed by atoms with van der Waals surface area (Å²) >= 11 is 0. The topological polar surface area (TPSA) is 90.7 Å². The van der Waals surface area contributed by atoms with Crippen molar-refractivity contribution in [3.63, 3.8) is 0 Å². The summed E-state index contributed by atoms with van der Waals surface area (Å²) in [6.07, 6.45) is 1.93. The number of phenols is 1. The molecular weight excluding hydrogens is 476 g/mol. The number of ether oxygens (including phenoxy) is 1. The first-order valence-corrected chi connectivity index (χ1v) is 13.7. The lowest BCUT2D eigenvalue weighted by Crippen LogP contribution is -2.32. The second-order valence-electron chi connectivity index (χ2n) is 12.5. The fraction of sp³-hybridized carbons (Fsp3) is 0.531. The molecule has 2 aromatic carbocycles. The van der Waals surface area contributed by atoms with E-state index < -0.39 is 0 Å². The lowest BCUT2D eigenvalue weighted by Gasteiger charge is -2.28. The minimum atomic E-state index is -0.351. The van der Waals surface area contributed by atoms with Gasteiger partial charge in [0.2, 0.25) is 0 Å². The number of amidine groups is 1. The number of carbonyl (C=O) groups is 2. The van der Waals surface area contributed by atoms with Gasteiger partial charge in [-0.3, -0.25) is 10.2 Å². The summed E-state index contributed by atoms with van der Waals surface area (Å²) in [7, 11) is 0. The third-order valence-electron chi connectivity index (χ3n) is 7.38. The highest BCUT2D eigenvalue weighted by Crippen LogP contribution is 2.41. The molecule has 206 valence electrons. The second-order valence-corrected chi connectivity index (χ2v) is 12.5. The van der Waals surface area contributed by atoms with Gasteiger partial charge in [0.1, 0.15) is 11.6 Å². The SMILES string of the molecule is CCC[C@H]1CN(CC(=O)c2cc(C(C)(C)C)c(O)c(C(C)(C)C)c2)C(=N)[C@@H]1c1ccc(C(=O)OCC)cc1.